The third-order valence-electron chi connectivity index (χ3n) is 4.13. The van der Waals surface area contributed by atoms with Gasteiger partial charge in [0.05, 0.1) is 17.3 Å². The predicted molar refractivity (Wildman–Crippen MR) is 87.2 cm³/mol. The molecule has 26 heavy (non-hydrogen) atoms. The third kappa shape index (κ3) is 3.18. The normalized spacial score (nSPS) is 16.8. The Labute approximate surface area is 151 Å². The van der Waals surface area contributed by atoms with Gasteiger partial charge in [0.25, 0.3) is 5.91 Å². The zero-order chi connectivity index (χ0) is 19.1. The molecule has 0 saturated heterocycles. The lowest BCUT2D eigenvalue weighted by molar-refractivity contribution is -0.137. The molecule has 0 radical (unpaired) electrons. The van der Waals surface area contributed by atoms with Gasteiger partial charge in [0, 0.05) is 12.7 Å². The molecule has 3 rings (SSSR count). The molecule has 138 valence electrons. The number of rotatable bonds is 4. The number of fused-ring (bicyclic) bond motifs is 1. The van der Waals surface area contributed by atoms with Gasteiger partial charge in [-0.3, -0.25) is 4.79 Å². The van der Waals surface area contributed by atoms with Crippen LogP contribution in [0.15, 0.2) is 24.4 Å². The molecule has 0 saturated carbocycles. The highest BCUT2D eigenvalue weighted by molar-refractivity contribution is 6.28. The van der Waals surface area contributed by atoms with Crippen LogP contribution in [0, 0.1) is 0 Å². The van der Waals surface area contributed by atoms with Crippen LogP contribution >= 0.6 is 11.6 Å². The van der Waals surface area contributed by atoms with Crippen molar-refractivity contribution >= 4 is 29.0 Å². The van der Waals surface area contributed by atoms with Crippen LogP contribution in [0.3, 0.4) is 0 Å². The van der Waals surface area contributed by atoms with Crippen molar-refractivity contribution in [3.63, 3.8) is 0 Å². The quantitative estimate of drug-likeness (QED) is 0.624. The molecule has 0 spiro atoms. The maximum atomic E-state index is 13.2. The van der Waals surface area contributed by atoms with Crippen LogP contribution in [0.2, 0.25) is 5.28 Å². The van der Waals surface area contributed by atoms with Crippen molar-refractivity contribution in [1.29, 1.82) is 0 Å². The van der Waals surface area contributed by atoms with Crippen LogP contribution in [0.5, 0.6) is 0 Å². The summed E-state index contributed by atoms with van der Waals surface area (Å²) in [4.78, 5) is 20.9. The van der Waals surface area contributed by atoms with E-state index in [-0.39, 0.29) is 29.1 Å². The van der Waals surface area contributed by atoms with Crippen LogP contribution in [0.4, 0.5) is 29.1 Å². The van der Waals surface area contributed by atoms with Gasteiger partial charge in [0.15, 0.2) is 0 Å². The molecule has 1 atom stereocenters. The van der Waals surface area contributed by atoms with Gasteiger partial charge in [0.2, 0.25) is 5.28 Å². The molecule has 2 heterocycles. The molecule has 1 amide bonds. The first-order valence-electron chi connectivity index (χ1n) is 7.60. The Bertz CT molecular complexity index is 859. The van der Waals surface area contributed by atoms with Gasteiger partial charge in [-0.2, -0.15) is 18.2 Å². The number of hydrogen-bond donors (Lipinski definition) is 1. The fraction of sp³-hybridized carbons (Fsp3) is 0.312. The monoisotopic (exact) mass is 388 g/mol. The van der Waals surface area contributed by atoms with Gasteiger partial charge in [-0.25, -0.2) is 9.37 Å². The first-order chi connectivity index (χ1) is 12.2. The number of hydrogen-bond acceptors (Lipinski definition) is 4. The number of halogens is 5. The number of benzene rings is 1. The number of nitrogens with one attached hydrogen (secondary N) is 1. The molecule has 0 bridgehead atoms. The summed E-state index contributed by atoms with van der Waals surface area (Å²) in [5, 5.41) is 2.17. The van der Waals surface area contributed by atoms with Gasteiger partial charge >= 0.3 is 6.18 Å². The van der Waals surface area contributed by atoms with Crippen LogP contribution in [0.1, 0.15) is 34.5 Å². The summed E-state index contributed by atoms with van der Waals surface area (Å²) in [6.07, 6.45) is -4.14. The molecular formula is C16H13ClF4N4O. The van der Waals surface area contributed by atoms with Crippen molar-refractivity contribution in [3.8, 4) is 0 Å². The fourth-order valence-electron chi connectivity index (χ4n) is 2.93. The Morgan fingerprint density at radius 1 is 1.35 bits per heavy atom. The molecule has 1 aliphatic rings. The molecule has 5 nitrogen and oxygen atoms in total. The average Bonchev–Trinajstić information content (AvgIpc) is 2.80. The Hall–Kier alpha value is -2.42. The Morgan fingerprint density at radius 3 is 2.73 bits per heavy atom. The Morgan fingerprint density at radius 2 is 2.08 bits per heavy atom. The molecule has 0 aliphatic carbocycles. The number of carbonyl (C=O) groups is 1. The zero-order valence-electron chi connectivity index (χ0n) is 13.4. The van der Waals surface area contributed by atoms with E-state index in [1.807, 2.05) is 0 Å². The van der Waals surface area contributed by atoms with E-state index >= 15 is 0 Å². The standard InChI is InChI=1S/C16H13ClF4N4O/c1-8-9-3-2-4-11(12(9)14(26)25(8)6-5-18)23-13-10(16(19,20)21)7-22-15(17)24-13/h2-4,7-8H,5-6H2,1H3,(H,22,23,24). The second-order valence-corrected chi connectivity index (χ2v) is 6.00. The number of anilines is 2. The molecule has 2 aromatic rings. The Kier molecular flexibility index (Phi) is 4.74. The van der Waals surface area contributed by atoms with Gasteiger partial charge < -0.3 is 10.2 Å². The highest BCUT2D eigenvalue weighted by Gasteiger charge is 2.38. The maximum Gasteiger partial charge on any atom is 0.421 e. The molecule has 0 fully saturated rings. The minimum atomic E-state index is -4.71. The highest BCUT2D eigenvalue weighted by atomic mass is 35.5. The van der Waals surface area contributed by atoms with E-state index in [2.05, 4.69) is 15.3 Å². The summed E-state index contributed by atoms with van der Waals surface area (Å²) in [6.45, 7) is 0.916. The molecular weight excluding hydrogens is 376 g/mol. The van der Waals surface area contributed by atoms with Crippen molar-refractivity contribution in [1.82, 2.24) is 14.9 Å². The minimum Gasteiger partial charge on any atom is -0.339 e. The fourth-order valence-corrected chi connectivity index (χ4v) is 3.06. The van der Waals surface area contributed by atoms with Crippen LogP contribution < -0.4 is 5.32 Å². The van der Waals surface area contributed by atoms with Gasteiger partial charge in [-0.1, -0.05) is 12.1 Å². The minimum absolute atomic E-state index is 0.0960. The van der Waals surface area contributed by atoms with Crippen LogP contribution in [-0.4, -0.2) is 34.0 Å². The smallest absolute Gasteiger partial charge is 0.339 e. The SMILES string of the molecule is CC1c2cccc(Nc3nc(Cl)ncc3C(F)(F)F)c2C(=O)N1CCF. The summed E-state index contributed by atoms with van der Waals surface area (Å²) in [5.74, 6) is -1.02. The largest absolute Gasteiger partial charge is 0.421 e. The second kappa shape index (κ2) is 6.71. The van der Waals surface area contributed by atoms with Gasteiger partial charge in [0.1, 0.15) is 18.1 Å². The molecule has 1 aliphatic heterocycles. The number of carbonyl (C=O) groups excluding carboxylic acids is 1. The lowest BCUT2D eigenvalue weighted by atomic mass is 10.0. The predicted octanol–water partition coefficient (Wildman–Crippen LogP) is 4.38. The summed E-state index contributed by atoms with van der Waals surface area (Å²) < 4.78 is 52.3. The molecule has 1 N–H and O–H groups in total. The van der Waals surface area contributed by atoms with Crippen LogP contribution in [0.25, 0.3) is 0 Å². The lowest BCUT2D eigenvalue weighted by Gasteiger charge is -2.20. The summed E-state index contributed by atoms with van der Waals surface area (Å²) in [5.41, 5.74) is -0.182. The van der Waals surface area contributed by atoms with Crippen molar-refractivity contribution in [3.05, 3.63) is 46.4 Å². The number of aromatic nitrogens is 2. The van der Waals surface area contributed by atoms with E-state index in [4.69, 9.17) is 11.6 Å². The van der Waals surface area contributed by atoms with Crippen molar-refractivity contribution in [2.75, 3.05) is 18.5 Å². The lowest BCUT2D eigenvalue weighted by Crippen LogP contribution is -2.28. The maximum absolute atomic E-state index is 13.2. The number of amides is 1. The summed E-state index contributed by atoms with van der Waals surface area (Å²) >= 11 is 5.62. The van der Waals surface area contributed by atoms with E-state index in [0.29, 0.717) is 11.8 Å². The summed E-state index contributed by atoms with van der Waals surface area (Å²) in [6, 6.07) is 4.35. The first-order valence-corrected chi connectivity index (χ1v) is 7.98. The van der Waals surface area contributed by atoms with Crippen molar-refractivity contribution in [2.45, 2.75) is 19.1 Å². The number of nitrogens with zero attached hydrogens (tertiary/aromatic N) is 3. The summed E-state index contributed by atoms with van der Waals surface area (Å²) in [7, 11) is 0. The molecule has 1 unspecified atom stereocenters. The van der Waals surface area contributed by atoms with E-state index in [1.165, 1.54) is 11.0 Å². The zero-order valence-corrected chi connectivity index (χ0v) is 14.2. The van der Waals surface area contributed by atoms with E-state index in [9.17, 15) is 22.4 Å². The third-order valence-corrected chi connectivity index (χ3v) is 4.31. The van der Waals surface area contributed by atoms with Gasteiger partial charge in [-0.15, -0.1) is 0 Å². The molecule has 10 heteroatoms. The molecule has 1 aromatic carbocycles. The van der Waals surface area contributed by atoms with E-state index < -0.39 is 30.1 Å². The van der Waals surface area contributed by atoms with E-state index in [1.54, 1.807) is 19.1 Å². The Balaban J connectivity index is 2.05. The van der Waals surface area contributed by atoms with Crippen molar-refractivity contribution < 1.29 is 22.4 Å². The first kappa shape index (κ1) is 18.4. The second-order valence-electron chi connectivity index (χ2n) is 5.66. The highest BCUT2D eigenvalue weighted by Crippen LogP contribution is 2.40. The molecule has 1 aromatic heterocycles. The van der Waals surface area contributed by atoms with E-state index in [0.717, 1.165) is 0 Å². The topological polar surface area (TPSA) is 58.1 Å². The number of alkyl halides is 4. The van der Waals surface area contributed by atoms with Gasteiger partial charge in [-0.05, 0) is 30.2 Å². The van der Waals surface area contributed by atoms with Crippen molar-refractivity contribution in [2.24, 2.45) is 0 Å². The van der Waals surface area contributed by atoms with Crippen LogP contribution in [-0.2, 0) is 6.18 Å². The average molecular weight is 389 g/mol.